The fourth-order valence-electron chi connectivity index (χ4n) is 3.50. The molecule has 1 aromatic heterocycles. The molecule has 2 aliphatic heterocycles. The molecule has 2 aliphatic rings. The minimum absolute atomic E-state index is 0.182. The van der Waals surface area contributed by atoms with E-state index in [2.05, 4.69) is 72.6 Å². The van der Waals surface area contributed by atoms with Gasteiger partial charge in [0.25, 0.3) is 0 Å². The number of hydrazone groups is 1. The van der Waals surface area contributed by atoms with Gasteiger partial charge in [0.05, 0.1) is 16.6 Å². The van der Waals surface area contributed by atoms with Gasteiger partial charge < -0.3 is 4.74 Å². The van der Waals surface area contributed by atoms with Crippen LogP contribution in [0.3, 0.4) is 0 Å². The van der Waals surface area contributed by atoms with Crippen molar-refractivity contribution in [2.75, 3.05) is 0 Å². The second-order valence-corrected chi connectivity index (χ2v) is 9.11. The van der Waals surface area contributed by atoms with Crippen molar-refractivity contribution in [2.24, 2.45) is 5.10 Å². The van der Waals surface area contributed by atoms with Crippen molar-refractivity contribution >= 4 is 48.9 Å². The van der Waals surface area contributed by atoms with Crippen molar-refractivity contribution < 1.29 is 4.74 Å². The lowest BCUT2D eigenvalue weighted by Gasteiger charge is -2.38. The van der Waals surface area contributed by atoms with Crippen molar-refractivity contribution in [3.8, 4) is 5.75 Å². The minimum atomic E-state index is -0.223. The first-order chi connectivity index (χ1) is 12.7. The summed E-state index contributed by atoms with van der Waals surface area (Å²) in [6.07, 6.45) is 0.666. The van der Waals surface area contributed by atoms with E-state index in [-0.39, 0.29) is 12.3 Å². The van der Waals surface area contributed by atoms with Gasteiger partial charge >= 0.3 is 0 Å². The van der Waals surface area contributed by atoms with Crippen LogP contribution in [0.15, 0.2) is 74.0 Å². The average molecular weight is 490 g/mol. The molecule has 0 fully saturated rings. The number of rotatable bonds is 2. The molecule has 0 saturated heterocycles. The lowest BCUT2D eigenvalue weighted by molar-refractivity contribution is -0.0190. The molecule has 0 radical (unpaired) electrons. The molecule has 0 bridgehead atoms. The lowest BCUT2D eigenvalue weighted by Crippen LogP contribution is -2.33. The predicted octanol–water partition coefficient (Wildman–Crippen LogP) is 6.52. The first-order valence-electron chi connectivity index (χ1n) is 8.30. The molecule has 0 unspecified atom stereocenters. The van der Waals surface area contributed by atoms with Gasteiger partial charge in [-0.1, -0.05) is 50.1 Å². The summed E-state index contributed by atoms with van der Waals surface area (Å²) < 4.78 is 8.50. The molecule has 3 aromatic rings. The minimum Gasteiger partial charge on any atom is -0.464 e. The molecule has 0 N–H and O–H groups in total. The predicted molar refractivity (Wildman–Crippen MR) is 112 cm³/mol. The Kier molecular flexibility index (Phi) is 4.14. The van der Waals surface area contributed by atoms with Crippen LogP contribution in [-0.2, 0) is 0 Å². The van der Waals surface area contributed by atoms with Gasteiger partial charge in [0.1, 0.15) is 5.75 Å². The SMILES string of the molecule is Brc1ccc([C@@H]2Oc3ccc(Br)cc3[C@@H]3CC(c4cccs4)=NN32)cc1. The zero-order valence-corrected chi connectivity index (χ0v) is 17.6. The summed E-state index contributed by atoms with van der Waals surface area (Å²) >= 11 is 8.84. The van der Waals surface area contributed by atoms with Gasteiger partial charge in [-0.15, -0.1) is 11.3 Å². The van der Waals surface area contributed by atoms with E-state index in [4.69, 9.17) is 9.84 Å². The third kappa shape index (κ3) is 2.80. The maximum Gasteiger partial charge on any atom is 0.213 e. The van der Waals surface area contributed by atoms with Crippen LogP contribution in [0.5, 0.6) is 5.75 Å². The molecule has 3 nitrogen and oxygen atoms in total. The number of thiophene rings is 1. The zero-order valence-electron chi connectivity index (χ0n) is 13.6. The highest BCUT2D eigenvalue weighted by Crippen LogP contribution is 2.48. The molecule has 2 atom stereocenters. The number of hydrogen-bond donors (Lipinski definition) is 0. The summed E-state index contributed by atoms with van der Waals surface area (Å²) in [6, 6.07) is 18.9. The first-order valence-corrected chi connectivity index (χ1v) is 10.8. The lowest BCUT2D eigenvalue weighted by atomic mass is 9.98. The van der Waals surface area contributed by atoms with E-state index in [0.29, 0.717) is 0 Å². The Morgan fingerprint density at radius 1 is 1.04 bits per heavy atom. The third-order valence-corrected chi connectivity index (χ3v) is 6.65. The largest absolute Gasteiger partial charge is 0.464 e. The van der Waals surface area contributed by atoms with Crippen LogP contribution < -0.4 is 4.74 Å². The average Bonchev–Trinajstić information content (AvgIpc) is 3.32. The molecular formula is C20H14Br2N2OS. The quantitative estimate of drug-likeness (QED) is 0.409. The van der Waals surface area contributed by atoms with Gasteiger partial charge in [0.15, 0.2) is 0 Å². The Hall–Kier alpha value is -1.63. The number of ether oxygens (including phenoxy) is 1. The standard InChI is InChI=1S/C20H14Br2N2OS/c21-13-5-3-12(4-6-13)20-24-17(11-16(23-24)19-2-1-9-26-19)15-10-14(22)7-8-18(15)25-20/h1-10,17,20H,11H2/t17-,20-/m0/s1. The van der Waals surface area contributed by atoms with Crippen LogP contribution in [0.1, 0.15) is 34.7 Å². The van der Waals surface area contributed by atoms with Gasteiger partial charge in [0.2, 0.25) is 6.23 Å². The number of hydrogen-bond acceptors (Lipinski definition) is 4. The van der Waals surface area contributed by atoms with Gasteiger partial charge in [-0.25, -0.2) is 5.01 Å². The van der Waals surface area contributed by atoms with Gasteiger partial charge in [-0.3, -0.25) is 0 Å². The molecule has 0 aliphatic carbocycles. The van der Waals surface area contributed by atoms with Crippen LogP contribution in [0.4, 0.5) is 0 Å². The van der Waals surface area contributed by atoms with E-state index in [1.807, 2.05) is 24.3 Å². The van der Waals surface area contributed by atoms with Gasteiger partial charge in [0, 0.05) is 26.5 Å². The molecule has 26 heavy (non-hydrogen) atoms. The van der Waals surface area contributed by atoms with Crippen molar-refractivity contribution in [1.29, 1.82) is 0 Å². The van der Waals surface area contributed by atoms with E-state index in [9.17, 15) is 0 Å². The highest BCUT2D eigenvalue weighted by atomic mass is 79.9. The highest BCUT2D eigenvalue weighted by molar-refractivity contribution is 9.10. The van der Waals surface area contributed by atoms with E-state index >= 15 is 0 Å². The van der Waals surface area contributed by atoms with Crippen LogP contribution in [0, 0.1) is 0 Å². The molecule has 130 valence electrons. The van der Waals surface area contributed by atoms with E-state index in [1.165, 1.54) is 10.4 Å². The topological polar surface area (TPSA) is 24.8 Å². The molecule has 5 rings (SSSR count). The molecule has 0 amide bonds. The molecular weight excluding hydrogens is 476 g/mol. The fraction of sp³-hybridized carbons (Fsp3) is 0.150. The fourth-order valence-corrected chi connectivity index (χ4v) is 4.86. The molecule has 0 spiro atoms. The number of fused-ring (bicyclic) bond motifs is 3. The van der Waals surface area contributed by atoms with Gasteiger partial charge in [-0.2, -0.15) is 5.10 Å². The second kappa shape index (κ2) is 6.51. The number of benzene rings is 2. The summed E-state index contributed by atoms with van der Waals surface area (Å²) in [7, 11) is 0. The van der Waals surface area contributed by atoms with Gasteiger partial charge in [-0.05, 0) is 41.8 Å². The Morgan fingerprint density at radius 3 is 2.62 bits per heavy atom. The van der Waals surface area contributed by atoms with Crippen LogP contribution >= 0.6 is 43.2 Å². The summed E-state index contributed by atoms with van der Waals surface area (Å²) in [5.74, 6) is 0.935. The van der Waals surface area contributed by atoms with E-state index in [0.717, 1.165) is 32.4 Å². The van der Waals surface area contributed by atoms with E-state index < -0.39 is 0 Å². The summed E-state index contributed by atoms with van der Waals surface area (Å²) in [5.41, 5.74) is 3.41. The summed E-state index contributed by atoms with van der Waals surface area (Å²) in [4.78, 5) is 1.23. The Morgan fingerprint density at radius 2 is 1.85 bits per heavy atom. The summed E-state index contributed by atoms with van der Waals surface area (Å²) in [6.45, 7) is 0. The molecule has 3 heterocycles. The van der Waals surface area contributed by atoms with Crippen LogP contribution in [-0.4, -0.2) is 10.7 Å². The number of nitrogens with zero attached hydrogens (tertiary/aromatic N) is 2. The Bertz CT molecular complexity index is 986. The smallest absolute Gasteiger partial charge is 0.213 e. The van der Waals surface area contributed by atoms with Crippen LogP contribution in [0.2, 0.25) is 0 Å². The van der Waals surface area contributed by atoms with Crippen molar-refractivity contribution in [3.63, 3.8) is 0 Å². The normalized spacial score (nSPS) is 21.0. The number of halogens is 2. The molecule has 6 heteroatoms. The van der Waals surface area contributed by atoms with Crippen molar-refractivity contribution in [2.45, 2.75) is 18.7 Å². The highest BCUT2D eigenvalue weighted by Gasteiger charge is 2.41. The van der Waals surface area contributed by atoms with E-state index in [1.54, 1.807) is 11.3 Å². The first kappa shape index (κ1) is 16.5. The van der Waals surface area contributed by atoms with Crippen molar-refractivity contribution in [3.05, 3.63) is 84.9 Å². The van der Waals surface area contributed by atoms with Crippen LogP contribution in [0.25, 0.3) is 0 Å². The summed E-state index contributed by atoms with van der Waals surface area (Å²) in [5, 5.41) is 9.19. The second-order valence-electron chi connectivity index (χ2n) is 6.33. The van der Waals surface area contributed by atoms with Crippen molar-refractivity contribution in [1.82, 2.24) is 5.01 Å². The molecule has 0 saturated carbocycles. The maximum absolute atomic E-state index is 6.38. The maximum atomic E-state index is 6.38. The Balaban J connectivity index is 1.61. The Labute approximate surface area is 172 Å². The monoisotopic (exact) mass is 488 g/mol. The molecule has 2 aromatic carbocycles. The zero-order chi connectivity index (χ0) is 17.7. The third-order valence-electron chi connectivity index (χ3n) is 4.71.